The first-order valence-electron chi connectivity index (χ1n) is 7.70. The third-order valence-corrected chi connectivity index (χ3v) is 4.16. The van der Waals surface area contributed by atoms with Crippen molar-refractivity contribution in [3.63, 3.8) is 0 Å². The van der Waals surface area contributed by atoms with Crippen LogP contribution in [0.1, 0.15) is 30.1 Å². The van der Waals surface area contributed by atoms with Crippen LogP contribution in [0.3, 0.4) is 0 Å². The van der Waals surface area contributed by atoms with E-state index in [1.807, 2.05) is 43.3 Å². The number of hydrogen-bond acceptors (Lipinski definition) is 3. The van der Waals surface area contributed by atoms with Crippen LogP contribution in [0, 0.1) is 5.92 Å². The standard InChI is InChI=1S/C18H21NO2/c1-2-21-17-8-7-16(14-5-3-4-6-15(14)17)18(20)13-9-11-19-12-10-13/h3-8,13,19H,2,9-12H2,1H3. The van der Waals surface area contributed by atoms with Crippen LogP contribution in [0.15, 0.2) is 36.4 Å². The third kappa shape index (κ3) is 2.79. The molecule has 1 fully saturated rings. The van der Waals surface area contributed by atoms with E-state index in [0.717, 1.165) is 48.0 Å². The Labute approximate surface area is 125 Å². The first-order chi connectivity index (χ1) is 10.3. The lowest BCUT2D eigenvalue weighted by Gasteiger charge is -2.22. The summed E-state index contributed by atoms with van der Waals surface area (Å²) in [4.78, 5) is 12.8. The smallest absolute Gasteiger partial charge is 0.166 e. The van der Waals surface area contributed by atoms with Crippen LogP contribution in [0.5, 0.6) is 5.75 Å². The van der Waals surface area contributed by atoms with E-state index >= 15 is 0 Å². The number of Topliss-reactive ketones (excluding diaryl/α,β-unsaturated/α-hetero) is 1. The van der Waals surface area contributed by atoms with E-state index < -0.39 is 0 Å². The number of carbonyl (C=O) groups is 1. The minimum Gasteiger partial charge on any atom is -0.493 e. The van der Waals surface area contributed by atoms with Crippen molar-refractivity contribution < 1.29 is 9.53 Å². The molecule has 2 aromatic carbocycles. The number of benzene rings is 2. The molecule has 3 heteroatoms. The molecule has 0 unspecified atom stereocenters. The molecule has 1 saturated heterocycles. The van der Waals surface area contributed by atoms with E-state index in [2.05, 4.69) is 5.32 Å². The van der Waals surface area contributed by atoms with E-state index in [4.69, 9.17) is 4.74 Å². The second-order valence-electron chi connectivity index (χ2n) is 5.48. The molecule has 0 spiro atoms. The number of nitrogens with one attached hydrogen (secondary N) is 1. The van der Waals surface area contributed by atoms with Crippen molar-refractivity contribution in [3.05, 3.63) is 42.0 Å². The van der Waals surface area contributed by atoms with Gasteiger partial charge in [-0.2, -0.15) is 0 Å². The Morgan fingerprint density at radius 1 is 1.14 bits per heavy atom. The highest BCUT2D eigenvalue weighted by molar-refractivity contribution is 6.10. The van der Waals surface area contributed by atoms with E-state index in [1.165, 1.54) is 0 Å². The highest BCUT2D eigenvalue weighted by Crippen LogP contribution is 2.31. The number of carbonyl (C=O) groups excluding carboxylic acids is 1. The van der Waals surface area contributed by atoms with Crippen molar-refractivity contribution in [2.75, 3.05) is 19.7 Å². The lowest BCUT2D eigenvalue weighted by molar-refractivity contribution is 0.0897. The minimum absolute atomic E-state index is 0.146. The summed E-state index contributed by atoms with van der Waals surface area (Å²) in [6.07, 6.45) is 1.86. The molecule has 0 saturated carbocycles. The van der Waals surface area contributed by atoms with E-state index in [1.54, 1.807) is 0 Å². The van der Waals surface area contributed by atoms with Crippen LogP contribution in [0.4, 0.5) is 0 Å². The van der Waals surface area contributed by atoms with Crippen LogP contribution >= 0.6 is 0 Å². The zero-order valence-corrected chi connectivity index (χ0v) is 12.4. The number of hydrogen-bond donors (Lipinski definition) is 1. The molecule has 21 heavy (non-hydrogen) atoms. The Hall–Kier alpha value is -1.87. The van der Waals surface area contributed by atoms with Crippen molar-refractivity contribution in [3.8, 4) is 5.75 Å². The molecule has 0 amide bonds. The van der Waals surface area contributed by atoms with Crippen LogP contribution < -0.4 is 10.1 Å². The van der Waals surface area contributed by atoms with Gasteiger partial charge in [0.2, 0.25) is 0 Å². The first kappa shape index (κ1) is 14.1. The molecular weight excluding hydrogens is 262 g/mol. The fourth-order valence-electron chi connectivity index (χ4n) is 3.07. The Balaban J connectivity index is 2.02. The Bertz CT molecular complexity index is 645. The average molecular weight is 283 g/mol. The number of ketones is 1. The number of rotatable bonds is 4. The van der Waals surface area contributed by atoms with Crippen molar-refractivity contribution in [1.29, 1.82) is 0 Å². The normalized spacial score (nSPS) is 16.0. The van der Waals surface area contributed by atoms with Crippen molar-refractivity contribution in [2.24, 2.45) is 5.92 Å². The summed E-state index contributed by atoms with van der Waals surface area (Å²) >= 11 is 0. The minimum atomic E-state index is 0.146. The molecule has 0 radical (unpaired) electrons. The first-order valence-corrected chi connectivity index (χ1v) is 7.70. The van der Waals surface area contributed by atoms with Crippen molar-refractivity contribution >= 4 is 16.6 Å². The number of piperidine rings is 1. The molecule has 0 bridgehead atoms. The Morgan fingerprint density at radius 2 is 1.86 bits per heavy atom. The largest absolute Gasteiger partial charge is 0.493 e. The Kier molecular flexibility index (Phi) is 4.20. The van der Waals surface area contributed by atoms with Gasteiger partial charge < -0.3 is 10.1 Å². The van der Waals surface area contributed by atoms with Gasteiger partial charge in [-0.3, -0.25) is 4.79 Å². The quantitative estimate of drug-likeness (QED) is 0.874. The van der Waals surface area contributed by atoms with Gasteiger partial charge in [-0.1, -0.05) is 24.3 Å². The molecular formula is C18H21NO2. The van der Waals surface area contributed by atoms with Crippen LogP contribution in [-0.4, -0.2) is 25.5 Å². The second-order valence-corrected chi connectivity index (χ2v) is 5.48. The summed E-state index contributed by atoms with van der Waals surface area (Å²) in [7, 11) is 0. The summed E-state index contributed by atoms with van der Waals surface area (Å²) in [5, 5.41) is 5.35. The van der Waals surface area contributed by atoms with Crippen molar-refractivity contribution in [2.45, 2.75) is 19.8 Å². The third-order valence-electron chi connectivity index (χ3n) is 4.16. The van der Waals surface area contributed by atoms with Gasteiger partial charge in [0.1, 0.15) is 5.75 Å². The monoisotopic (exact) mass is 283 g/mol. The van der Waals surface area contributed by atoms with Gasteiger partial charge in [-0.25, -0.2) is 0 Å². The van der Waals surface area contributed by atoms with Gasteiger partial charge in [-0.05, 0) is 50.4 Å². The predicted molar refractivity (Wildman–Crippen MR) is 85.0 cm³/mol. The fourth-order valence-corrected chi connectivity index (χ4v) is 3.07. The maximum absolute atomic E-state index is 12.8. The fraction of sp³-hybridized carbons (Fsp3) is 0.389. The Morgan fingerprint density at radius 3 is 2.57 bits per heavy atom. The summed E-state index contributed by atoms with van der Waals surface area (Å²) in [6, 6.07) is 11.9. The molecule has 0 aliphatic carbocycles. The summed E-state index contributed by atoms with van der Waals surface area (Å²) < 4.78 is 5.68. The molecule has 2 aromatic rings. The highest BCUT2D eigenvalue weighted by atomic mass is 16.5. The highest BCUT2D eigenvalue weighted by Gasteiger charge is 2.24. The van der Waals surface area contributed by atoms with Gasteiger partial charge >= 0.3 is 0 Å². The maximum Gasteiger partial charge on any atom is 0.166 e. The van der Waals surface area contributed by atoms with Gasteiger partial charge in [-0.15, -0.1) is 0 Å². The molecule has 3 nitrogen and oxygen atoms in total. The SMILES string of the molecule is CCOc1ccc(C(=O)C2CCNCC2)c2ccccc12. The zero-order valence-electron chi connectivity index (χ0n) is 12.4. The summed E-state index contributed by atoms with van der Waals surface area (Å²) in [6.45, 7) is 4.48. The number of fused-ring (bicyclic) bond motifs is 1. The lowest BCUT2D eigenvalue weighted by Crippen LogP contribution is -2.31. The lowest BCUT2D eigenvalue weighted by atomic mass is 9.87. The summed E-state index contributed by atoms with van der Waals surface area (Å²) in [5.74, 6) is 1.28. The van der Waals surface area contributed by atoms with Gasteiger partial charge in [0, 0.05) is 16.9 Å². The molecule has 110 valence electrons. The molecule has 1 aliphatic rings. The second kappa shape index (κ2) is 6.27. The molecule has 1 heterocycles. The van der Waals surface area contributed by atoms with Crippen molar-refractivity contribution in [1.82, 2.24) is 5.32 Å². The van der Waals surface area contributed by atoms with Crippen LogP contribution in [0.2, 0.25) is 0 Å². The van der Waals surface area contributed by atoms with Gasteiger partial charge in [0.15, 0.2) is 5.78 Å². The van der Waals surface area contributed by atoms with E-state index in [0.29, 0.717) is 6.61 Å². The van der Waals surface area contributed by atoms with Gasteiger partial charge in [0.05, 0.1) is 6.61 Å². The molecule has 1 aliphatic heterocycles. The molecule has 1 N–H and O–H groups in total. The number of ether oxygens (including phenoxy) is 1. The molecule has 3 rings (SSSR count). The summed E-state index contributed by atoms with van der Waals surface area (Å²) in [5.41, 5.74) is 0.834. The maximum atomic E-state index is 12.8. The van der Waals surface area contributed by atoms with Crippen LogP contribution in [-0.2, 0) is 0 Å². The topological polar surface area (TPSA) is 38.3 Å². The van der Waals surface area contributed by atoms with Gasteiger partial charge in [0.25, 0.3) is 0 Å². The average Bonchev–Trinajstić information content (AvgIpc) is 2.56. The van der Waals surface area contributed by atoms with Crippen LogP contribution in [0.25, 0.3) is 10.8 Å². The van der Waals surface area contributed by atoms with E-state index in [9.17, 15) is 4.79 Å². The molecule has 0 aromatic heterocycles. The molecule has 0 atom stereocenters. The predicted octanol–water partition coefficient (Wildman–Crippen LogP) is 3.42. The zero-order chi connectivity index (χ0) is 14.7. The van der Waals surface area contributed by atoms with E-state index in [-0.39, 0.29) is 11.7 Å².